The number of rotatable bonds is 6. The van der Waals surface area contributed by atoms with E-state index < -0.39 is 0 Å². The van der Waals surface area contributed by atoms with Crippen LogP contribution in [0.3, 0.4) is 0 Å². The summed E-state index contributed by atoms with van der Waals surface area (Å²) in [5.74, 6) is 4.39. The summed E-state index contributed by atoms with van der Waals surface area (Å²) in [4.78, 5) is 0. The summed E-state index contributed by atoms with van der Waals surface area (Å²) >= 11 is 0. The number of hydrogen-bond donors (Lipinski definition) is 1. The third-order valence-electron chi connectivity index (χ3n) is 4.05. The summed E-state index contributed by atoms with van der Waals surface area (Å²) in [6, 6.07) is 9.41. The maximum atomic E-state index is 5.43. The van der Waals surface area contributed by atoms with Gasteiger partial charge in [0.15, 0.2) is 0 Å². The summed E-state index contributed by atoms with van der Waals surface area (Å²) in [7, 11) is 1.74. The zero-order valence-electron chi connectivity index (χ0n) is 11.9. The topological polar surface area (TPSA) is 21.3 Å². The Balaban J connectivity index is 1.87. The predicted molar refractivity (Wildman–Crippen MR) is 79.4 cm³/mol. The quantitative estimate of drug-likeness (QED) is 0.789. The highest BCUT2D eigenvalue weighted by molar-refractivity contribution is 5.37. The average molecular weight is 257 g/mol. The van der Waals surface area contributed by atoms with Crippen LogP contribution in [0.25, 0.3) is 0 Å². The lowest BCUT2D eigenvalue weighted by Crippen LogP contribution is -2.45. The number of para-hydroxylation sites is 1. The van der Waals surface area contributed by atoms with E-state index in [2.05, 4.69) is 30.3 Å². The molecule has 102 valence electrons. The SMILES string of the molecule is C#CCC(CC)NC1CC(c2ccccc2OC)C1. The predicted octanol–water partition coefficient (Wildman–Crippen LogP) is 3.33. The molecule has 0 heterocycles. The van der Waals surface area contributed by atoms with Gasteiger partial charge in [-0.3, -0.25) is 0 Å². The summed E-state index contributed by atoms with van der Waals surface area (Å²) in [6.07, 6.45) is 9.68. The molecule has 1 fully saturated rings. The molecule has 1 N–H and O–H groups in total. The summed E-state index contributed by atoms with van der Waals surface area (Å²) in [5, 5.41) is 3.66. The van der Waals surface area contributed by atoms with Crippen molar-refractivity contribution in [3.63, 3.8) is 0 Å². The van der Waals surface area contributed by atoms with Crippen LogP contribution in [0.15, 0.2) is 24.3 Å². The lowest BCUT2D eigenvalue weighted by Gasteiger charge is -2.39. The van der Waals surface area contributed by atoms with E-state index >= 15 is 0 Å². The Bertz CT molecular complexity index is 443. The third kappa shape index (κ3) is 3.30. The van der Waals surface area contributed by atoms with E-state index in [4.69, 9.17) is 11.2 Å². The van der Waals surface area contributed by atoms with Crippen LogP contribution < -0.4 is 10.1 Å². The Labute approximate surface area is 116 Å². The molecule has 0 bridgehead atoms. The second kappa shape index (κ2) is 6.63. The van der Waals surface area contributed by atoms with Crippen molar-refractivity contribution in [3.8, 4) is 18.1 Å². The van der Waals surface area contributed by atoms with Crippen molar-refractivity contribution in [3.05, 3.63) is 29.8 Å². The van der Waals surface area contributed by atoms with Gasteiger partial charge in [-0.15, -0.1) is 12.3 Å². The molecule has 19 heavy (non-hydrogen) atoms. The molecular formula is C17H23NO. The van der Waals surface area contributed by atoms with E-state index in [9.17, 15) is 0 Å². The minimum atomic E-state index is 0.466. The van der Waals surface area contributed by atoms with E-state index in [-0.39, 0.29) is 0 Å². The van der Waals surface area contributed by atoms with Gasteiger partial charge in [0.2, 0.25) is 0 Å². The van der Waals surface area contributed by atoms with Gasteiger partial charge in [-0.05, 0) is 36.8 Å². The lowest BCUT2D eigenvalue weighted by atomic mass is 9.75. The summed E-state index contributed by atoms with van der Waals surface area (Å²) in [5.41, 5.74) is 1.34. The first-order valence-electron chi connectivity index (χ1n) is 7.10. The van der Waals surface area contributed by atoms with Gasteiger partial charge in [-0.25, -0.2) is 0 Å². The highest BCUT2D eigenvalue weighted by atomic mass is 16.5. The number of terminal acetylenes is 1. The van der Waals surface area contributed by atoms with E-state index in [1.54, 1.807) is 7.11 Å². The van der Waals surface area contributed by atoms with Crippen LogP contribution in [0.4, 0.5) is 0 Å². The first-order chi connectivity index (χ1) is 9.28. The minimum Gasteiger partial charge on any atom is -0.496 e. The molecule has 1 unspecified atom stereocenters. The van der Waals surface area contributed by atoms with Crippen molar-refractivity contribution in [2.45, 2.75) is 50.6 Å². The van der Waals surface area contributed by atoms with E-state index in [1.165, 1.54) is 18.4 Å². The highest BCUT2D eigenvalue weighted by Crippen LogP contribution is 2.41. The van der Waals surface area contributed by atoms with Crippen LogP contribution in [0.2, 0.25) is 0 Å². The van der Waals surface area contributed by atoms with Gasteiger partial charge in [0, 0.05) is 18.5 Å². The molecular weight excluding hydrogens is 234 g/mol. The Morgan fingerprint density at radius 2 is 2.16 bits per heavy atom. The van der Waals surface area contributed by atoms with E-state index in [0.29, 0.717) is 18.0 Å². The van der Waals surface area contributed by atoms with Crippen LogP contribution in [0.1, 0.15) is 44.1 Å². The maximum Gasteiger partial charge on any atom is 0.122 e. The van der Waals surface area contributed by atoms with Crippen molar-refractivity contribution < 1.29 is 4.74 Å². The fourth-order valence-electron chi connectivity index (χ4n) is 2.81. The van der Waals surface area contributed by atoms with Crippen LogP contribution in [-0.2, 0) is 0 Å². The van der Waals surface area contributed by atoms with Crippen LogP contribution in [0, 0.1) is 12.3 Å². The molecule has 0 spiro atoms. The van der Waals surface area contributed by atoms with E-state index in [1.807, 2.05) is 12.1 Å². The average Bonchev–Trinajstić information content (AvgIpc) is 2.41. The molecule has 1 saturated carbocycles. The first-order valence-corrected chi connectivity index (χ1v) is 7.10. The molecule has 1 aliphatic carbocycles. The van der Waals surface area contributed by atoms with E-state index in [0.717, 1.165) is 18.6 Å². The molecule has 2 nitrogen and oxygen atoms in total. The van der Waals surface area contributed by atoms with Gasteiger partial charge in [0.1, 0.15) is 5.75 Å². The van der Waals surface area contributed by atoms with Gasteiger partial charge in [-0.2, -0.15) is 0 Å². The molecule has 0 amide bonds. The highest BCUT2D eigenvalue weighted by Gasteiger charge is 2.32. The third-order valence-corrected chi connectivity index (χ3v) is 4.05. The zero-order valence-corrected chi connectivity index (χ0v) is 11.9. The Kier molecular flexibility index (Phi) is 4.87. The molecule has 1 aromatic rings. The molecule has 2 rings (SSSR count). The van der Waals surface area contributed by atoms with Crippen molar-refractivity contribution in [1.29, 1.82) is 0 Å². The van der Waals surface area contributed by atoms with Crippen molar-refractivity contribution >= 4 is 0 Å². The van der Waals surface area contributed by atoms with Gasteiger partial charge >= 0.3 is 0 Å². The van der Waals surface area contributed by atoms with Gasteiger partial charge < -0.3 is 10.1 Å². The van der Waals surface area contributed by atoms with Crippen molar-refractivity contribution in [1.82, 2.24) is 5.32 Å². The normalized spacial score (nSPS) is 23.2. The van der Waals surface area contributed by atoms with Gasteiger partial charge in [0.05, 0.1) is 7.11 Å². The van der Waals surface area contributed by atoms with Gasteiger partial charge in [-0.1, -0.05) is 25.1 Å². The fraction of sp³-hybridized carbons (Fsp3) is 0.529. The zero-order chi connectivity index (χ0) is 13.7. The number of methoxy groups -OCH3 is 1. The van der Waals surface area contributed by atoms with Crippen molar-refractivity contribution in [2.75, 3.05) is 7.11 Å². The summed E-state index contributed by atoms with van der Waals surface area (Å²) in [6.45, 7) is 2.19. The number of nitrogens with one attached hydrogen (secondary N) is 1. The molecule has 0 saturated heterocycles. The van der Waals surface area contributed by atoms with Crippen LogP contribution in [-0.4, -0.2) is 19.2 Å². The molecule has 0 aromatic heterocycles. The first kappa shape index (κ1) is 14.0. The minimum absolute atomic E-state index is 0.466. The second-order valence-corrected chi connectivity index (χ2v) is 5.29. The number of benzene rings is 1. The Morgan fingerprint density at radius 1 is 1.42 bits per heavy atom. The number of ether oxygens (including phenoxy) is 1. The lowest BCUT2D eigenvalue weighted by molar-refractivity contribution is 0.257. The maximum absolute atomic E-state index is 5.43. The Hall–Kier alpha value is -1.46. The molecule has 0 radical (unpaired) electrons. The molecule has 1 aliphatic rings. The molecule has 1 aromatic carbocycles. The van der Waals surface area contributed by atoms with Crippen LogP contribution >= 0.6 is 0 Å². The number of hydrogen-bond acceptors (Lipinski definition) is 2. The van der Waals surface area contributed by atoms with Crippen LogP contribution in [0.5, 0.6) is 5.75 Å². The summed E-state index contributed by atoms with van der Waals surface area (Å²) < 4.78 is 5.43. The molecule has 1 atom stereocenters. The fourth-order valence-corrected chi connectivity index (χ4v) is 2.81. The van der Waals surface area contributed by atoms with Crippen molar-refractivity contribution in [2.24, 2.45) is 0 Å². The molecule has 0 aliphatic heterocycles. The Morgan fingerprint density at radius 3 is 2.79 bits per heavy atom. The largest absolute Gasteiger partial charge is 0.496 e. The smallest absolute Gasteiger partial charge is 0.122 e. The standard InChI is InChI=1S/C17H23NO/c1-4-8-14(5-2)18-15-11-13(12-15)16-9-6-7-10-17(16)19-3/h1,6-7,9-10,13-15,18H,5,8,11-12H2,2-3H3. The molecule has 2 heteroatoms. The van der Waals surface area contributed by atoms with Gasteiger partial charge in [0.25, 0.3) is 0 Å². The second-order valence-electron chi connectivity index (χ2n) is 5.29. The monoisotopic (exact) mass is 257 g/mol.